The minimum Gasteiger partial charge on any atom is -0.395 e. The molecule has 10 nitrogen and oxygen atoms in total. The van der Waals surface area contributed by atoms with Gasteiger partial charge in [0.1, 0.15) is 5.82 Å². The molecule has 214 valence electrons. The van der Waals surface area contributed by atoms with E-state index in [4.69, 9.17) is 5.11 Å². The molecule has 0 radical (unpaired) electrons. The van der Waals surface area contributed by atoms with E-state index in [2.05, 4.69) is 25.0 Å². The number of nitrogens with one attached hydrogen (secondary N) is 2. The molecule has 6 rings (SSSR count). The summed E-state index contributed by atoms with van der Waals surface area (Å²) in [6.45, 7) is 0.893. The molecule has 1 spiro atoms. The summed E-state index contributed by atoms with van der Waals surface area (Å²) in [6, 6.07) is 6.71. The molecule has 1 aromatic carbocycles. The van der Waals surface area contributed by atoms with Crippen LogP contribution < -0.4 is 14.9 Å². The number of anilines is 3. The van der Waals surface area contributed by atoms with Gasteiger partial charge in [0, 0.05) is 25.9 Å². The third kappa shape index (κ3) is 5.21. The molecule has 3 fully saturated rings. The lowest BCUT2D eigenvalue weighted by atomic mass is 9.88. The van der Waals surface area contributed by atoms with Crippen LogP contribution in [-0.4, -0.2) is 65.6 Å². The van der Waals surface area contributed by atoms with E-state index in [0.717, 1.165) is 17.5 Å². The highest BCUT2D eigenvalue weighted by Crippen LogP contribution is 2.54. The number of alkyl halides is 2. The molecular weight excluding hydrogens is 549 g/mol. The summed E-state index contributed by atoms with van der Waals surface area (Å²) in [7, 11) is -3.77. The molecule has 14 heteroatoms. The third-order valence-corrected chi connectivity index (χ3v) is 9.43. The lowest BCUT2D eigenvalue weighted by molar-refractivity contribution is -0.106. The van der Waals surface area contributed by atoms with E-state index in [1.54, 1.807) is 6.07 Å². The number of hydrogen-bond donors (Lipinski definition) is 3. The highest BCUT2D eigenvalue weighted by Gasteiger charge is 2.47. The number of halogens is 3. The molecule has 1 saturated heterocycles. The number of benzene rings is 1. The maximum atomic E-state index is 14.4. The number of piperidine rings is 1. The number of nitrogens with zero attached hydrogens (tertiary/aromatic N) is 4. The number of aliphatic hydroxyl groups excluding tert-OH is 1. The molecule has 3 heterocycles. The van der Waals surface area contributed by atoms with Gasteiger partial charge >= 0.3 is 0 Å². The molecule has 3 aliphatic rings. The van der Waals surface area contributed by atoms with Crippen molar-refractivity contribution >= 4 is 44.2 Å². The Morgan fingerprint density at radius 2 is 1.82 bits per heavy atom. The summed E-state index contributed by atoms with van der Waals surface area (Å²) in [5.41, 5.74) is 1.54. The summed E-state index contributed by atoms with van der Waals surface area (Å²) in [5, 5.41) is 15.6. The Balaban J connectivity index is 1.28. The second-order valence-corrected chi connectivity index (χ2v) is 12.9. The van der Waals surface area contributed by atoms with Crippen LogP contribution in [0.15, 0.2) is 30.3 Å². The summed E-state index contributed by atoms with van der Waals surface area (Å²) >= 11 is 0. The number of hydrogen-bond acceptors (Lipinski definition) is 7. The maximum Gasteiger partial charge on any atom is 0.258 e. The first-order valence-electron chi connectivity index (χ1n) is 13.2. The normalized spacial score (nSPS) is 19.9. The van der Waals surface area contributed by atoms with Crippen LogP contribution in [0.4, 0.5) is 30.4 Å². The van der Waals surface area contributed by atoms with Crippen LogP contribution in [0.3, 0.4) is 0 Å². The van der Waals surface area contributed by atoms with Gasteiger partial charge in [0.15, 0.2) is 5.65 Å². The molecule has 40 heavy (non-hydrogen) atoms. The first kappa shape index (κ1) is 26.8. The number of aromatic nitrogens is 3. The largest absolute Gasteiger partial charge is 0.395 e. The van der Waals surface area contributed by atoms with E-state index < -0.39 is 59.0 Å². The summed E-state index contributed by atoms with van der Waals surface area (Å²) < 4.78 is 69.4. The van der Waals surface area contributed by atoms with Crippen LogP contribution in [0.1, 0.15) is 54.9 Å². The van der Waals surface area contributed by atoms with Gasteiger partial charge in [-0.25, -0.2) is 26.9 Å². The van der Waals surface area contributed by atoms with Crippen molar-refractivity contribution in [1.82, 2.24) is 14.8 Å². The maximum absolute atomic E-state index is 14.4. The number of sulfonamides is 1. The number of pyridine rings is 1. The van der Waals surface area contributed by atoms with Crippen LogP contribution in [-0.2, 0) is 10.0 Å². The van der Waals surface area contributed by atoms with E-state index >= 15 is 0 Å². The van der Waals surface area contributed by atoms with Gasteiger partial charge in [-0.3, -0.25) is 9.52 Å². The topological polar surface area (TPSA) is 129 Å². The molecule has 1 aliphatic heterocycles. The zero-order valence-corrected chi connectivity index (χ0v) is 22.4. The number of fused-ring (bicyclic) bond motifs is 1. The number of amides is 1. The first-order chi connectivity index (χ1) is 19.0. The van der Waals surface area contributed by atoms with Crippen molar-refractivity contribution in [3.63, 3.8) is 0 Å². The van der Waals surface area contributed by atoms with Crippen LogP contribution in [0, 0.1) is 11.4 Å². The fourth-order valence-electron chi connectivity index (χ4n) is 5.59. The summed E-state index contributed by atoms with van der Waals surface area (Å²) in [4.78, 5) is 19.9. The van der Waals surface area contributed by atoms with E-state index in [1.807, 2.05) is 0 Å². The molecule has 2 saturated carbocycles. The van der Waals surface area contributed by atoms with Crippen molar-refractivity contribution in [2.75, 3.05) is 40.4 Å². The van der Waals surface area contributed by atoms with E-state index in [9.17, 15) is 26.4 Å². The van der Waals surface area contributed by atoms with Gasteiger partial charge in [0.2, 0.25) is 16.0 Å². The smallest absolute Gasteiger partial charge is 0.258 e. The number of rotatable bonds is 8. The Morgan fingerprint density at radius 3 is 2.48 bits per heavy atom. The van der Waals surface area contributed by atoms with Gasteiger partial charge in [0.25, 0.3) is 11.8 Å². The molecular formula is C26H29F3N6O4S. The van der Waals surface area contributed by atoms with Crippen LogP contribution >= 0.6 is 0 Å². The number of carbonyl (C=O) groups excluding carboxylic acids is 1. The lowest BCUT2D eigenvalue weighted by Gasteiger charge is -2.35. The minimum atomic E-state index is -3.77. The van der Waals surface area contributed by atoms with Gasteiger partial charge in [-0.2, -0.15) is 4.39 Å². The quantitative estimate of drug-likeness (QED) is 0.370. The number of aliphatic hydroxyl groups is 1. The summed E-state index contributed by atoms with van der Waals surface area (Å²) in [5.74, 6) is -4.52. The Kier molecular flexibility index (Phi) is 6.44. The molecule has 2 aliphatic carbocycles. The Bertz CT molecular complexity index is 1570. The van der Waals surface area contributed by atoms with Crippen molar-refractivity contribution in [2.45, 2.75) is 50.5 Å². The molecule has 2 aromatic heterocycles. The van der Waals surface area contributed by atoms with E-state index in [1.165, 1.54) is 37.1 Å². The standard InChI is InChI=1S/C26H29F3N6O4S/c27-22-19-3-4-21(30-23(19)35(32-22)17-14-26(28,29)15-17)31-24(37)18-2-1-16(33-40(38,39)12-11-36)13-20(18)34-9-7-25(5-6-25)8-10-34/h1-4,13,17,33,36H,5-12,14-15H2,(H,30,31,37). The predicted molar refractivity (Wildman–Crippen MR) is 143 cm³/mol. The SMILES string of the molecule is O=C(Nc1ccc2c(F)nn(C3CC(F)(F)C3)c2n1)c1ccc(NS(=O)(=O)CCO)cc1N1CCC2(CC1)CC2. The van der Waals surface area contributed by atoms with Gasteiger partial charge in [-0.15, -0.1) is 5.10 Å². The van der Waals surface area contributed by atoms with Gasteiger partial charge < -0.3 is 15.3 Å². The second kappa shape index (κ2) is 9.61. The van der Waals surface area contributed by atoms with Gasteiger partial charge in [-0.1, -0.05) is 0 Å². The fourth-order valence-corrected chi connectivity index (χ4v) is 6.42. The van der Waals surface area contributed by atoms with Crippen molar-refractivity contribution in [3.05, 3.63) is 41.8 Å². The Labute approximate surface area is 228 Å². The van der Waals surface area contributed by atoms with Gasteiger partial charge in [0.05, 0.1) is 40.7 Å². The third-order valence-electron chi connectivity index (χ3n) is 8.16. The zero-order valence-electron chi connectivity index (χ0n) is 21.5. The Hall–Kier alpha value is -3.39. The lowest BCUT2D eigenvalue weighted by Crippen LogP contribution is -2.37. The van der Waals surface area contributed by atoms with Crippen molar-refractivity contribution in [2.24, 2.45) is 5.41 Å². The average molecular weight is 579 g/mol. The molecule has 0 unspecified atom stereocenters. The van der Waals surface area contributed by atoms with Crippen LogP contribution in [0.2, 0.25) is 0 Å². The molecule has 0 atom stereocenters. The van der Waals surface area contributed by atoms with Crippen LogP contribution in [0.5, 0.6) is 0 Å². The van der Waals surface area contributed by atoms with E-state index in [0.29, 0.717) is 24.2 Å². The monoisotopic (exact) mass is 578 g/mol. The van der Waals surface area contributed by atoms with Crippen LogP contribution in [0.25, 0.3) is 11.0 Å². The minimum absolute atomic E-state index is 0.0652. The predicted octanol–water partition coefficient (Wildman–Crippen LogP) is 3.91. The van der Waals surface area contributed by atoms with E-state index in [-0.39, 0.29) is 28.1 Å². The van der Waals surface area contributed by atoms with Crippen molar-refractivity contribution < 1.29 is 31.5 Å². The molecule has 3 N–H and O–H groups in total. The zero-order chi connectivity index (χ0) is 28.3. The van der Waals surface area contributed by atoms with Crippen molar-refractivity contribution in [1.29, 1.82) is 0 Å². The average Bonchev–Trinajstić information content (AvgIpc) is 3.55. The molecule has 3 aromatic rings. The molecule has 0 bridgehead atoms. The highest BCUT2D eigenvalue weighted by molar-refractivity contribution is 7.92. The van der Waals surface area contributed by atoms with Crippen molar-refractivity contribution in [3.8, 4) is 0 Å². The second-order valence-electron chi connectivity index (χ2n) is 11.0. The first-order valence-corrected chi connectivity index (χ1v) is 14.9. The fraction of sp³-hybridized carbons (Fsp3) is 0.500. The van der Waals surface area contributed by atoms with Gasteiger partial charge in [-0.05, 0) is 61.4 Å². The molecule has 1 amide bonds. The highest BCUT2D eigenvalue weighted by atomic mass is 32.2. The summed E-state index contributed by atoms with van der Waals surface area (Å²) in [6.07, 6.45) is 3.41. The number of carbonyl (C=O) groups is 1. The Morgan fingerprint density at radius 1 is 1.10 bits per heavy atom.